The van der Waals surface area contributed by atoms with Crippen LogP contribution in [0.3, 0.4) is 0 Å². The van der Waals surface area contributed by atoms with Crippen molar-refractivity contribution in [2.45, 2.75) is 38.6 Å². The maximum absolute atomic E-state index is 12.5. The number of nitrogens with zero attached hydrogens (tertiary/aromatic N) is 6. The van der Waals surface area contributed by atoms with Crippen LogP contribution in [0.25, 0.3) is 0 Å². The first-order chi connectivity index (χ1) is 12.3. The highest BCUT2D eigenvalue weighted by Crippen LogP contribution is 2.23. The number of carbonyl (C=O) groups is 1. The first kappa shape index (κ1) is 17.3. The number of likely N-dealkylation sites (tertiary alicyclic amines) is 1. The molecule has 0 saturated carbocycles. The van der Waals surface area contributed by atoms with Crippen LogP contribution in [0.1, 0.15) is 31.4 Å². The van der Waals surface area contributed by atoms with Crippen molar-refractivity contribution in [3.63, 3.8) is 0 Å². The summed E-state index contributed by atoms with van der Waals surface area (Å²) in [5.41, 5.74) is 0.982. The normalized spacial score (nSPS) is 17.5. The molecule has 3 rings (SSSR count). The van der Waals surface area contributed by atoms with Gasteiger partial charge in [-0.3, -0.25) is 14.5 Å². The zero-order valence-corrected chi connectivity index (χ0v) is 14.6. The molecule has 134 valence electrons. The fraction of sp³-hybridized carbons (Fsp3) is 0.588. The van der Waals surface area contributed by atoms with Gasteiger partial charge >= 0.3 is 0 Å². The predicted octanol–water partition coefficient (Wildman–Crippen LogP) is 1.37. The molecule has 0 aromatic carbocycles. The Hall–Kier alpha value is -2.51. The number of amides is 1. The van der Waals surface area contributed by atoms with Gasteiger partial charge in [0.05, 0.1) is 5.69 Å². The van der Waals surface area contributed by atoms with Crippen LogP contribution < -0.4 is 5.32 Å². The molecule has 3 heterocycles. The molecule has 1 amide bonds. The molecule has 1 saturated heterocycles. The van der Waals surface area contributed by atoms with Gasteiger partial charge in [0.1, 0.15) is 18.5 Å². The highest BCUT2D eigenvalue weighted by atomic mass is 16.2. The lowest BCUT2D eigenvalue weighted by atomic mass is 9.93. The van der Waals surface area contributed by atoms with Gasteiger partial charge < -0.3 is 10.2 Å². The zero-order chi connectivity index (χ0) is 17.5. The Labute approximate surface area is 147 Å². The molecule has 1 aliphatic heterocycles. The second kappa shape index (κ2) is 8.55. The third-order valence-corrected chi connectivity index (χ3v) is 4.61. The second-order valence-corrected chi connectivity index (χ2v) is 6.42. The average Bonchev–Trinajstić information content (AvgIpc) is 3.16. The first-order valence-electron chi connectivity index (χ1n) is 8.84. The highest BCUT2D eigenvalue weighted by molar-refractivity contribution is 5.76. The van der Waals surface area contributed by atoms with Gasteiger partial charge in [-0.05, 0) is 31.6 Å². The topological polar surface area (TPSA) is 88.8 Å². The third kappa shape index (κ3) is 4.74. The second-order valence-electron chi connectivity index (χ2n) is 6.42. The molecule has 2 aromatic rings. The quantitative estimate of drug-likeness (QED) is 0.817. The molecule has 1 aliphatic rings. The van der Waals surface area contributed by atoms with Crippen LogP contribution in [0.2, 0.25) is 0 Å². The fourth-order valence-electron chi connectivity index (χ4n) is 3.36. The van der Waals surface area contributed by atoms with Gasteiger partial charge in [0.25, 0.3) is 0 Å². The van der Waals surface area contributed by atoms with E-state index < -0.39 is 0 Å². The number of rotatable bonds is 7. The summed E-state index contributed by atoms with van der Waals surface area (Å²) < 4.78 is 1.76. The van der Waals surface area contributed by atoms with Crippen molar-refractivity contribution < 1.29 is 4.79 Å². The van der Waals surface area contributed by atoms with Crippen LogP contribution >= 0.6 is 0 Å². The number of hydrogen-bond donors (Lipinski definition) is 1. The Kier molecular flexibility index (Phi) is 5.92. The summed E-state index contributed by atoms with van der Waals surface area (Å²) in [6.07, 6.45) is 11.0. The number of nitrogens with one attached hydrogen (secondary N) is 1. The molecule has 0 bridgehead atoms. The minimum Gasteiger partial charge on any atom is -0.372 e. The van der Waals surface area contributed by atoms with Crippen molar-refractivity contribution in [3.8, 4) is 0 Å². The van der Waals surface area contributed by atoms with E-state index in [1.54, 1.807) is 23.4 Å². The molecule has 0 spiro atoms. The van der Waals surface area contributed by atoms with Crippen molar-refractivity contribution in [3.05, 3.63) is 30.7 Å². The van der Waals surface area contributed by atoms with Crippen LogP contribution in [0.15, 0.2) is 25.0 Å². The SMILES string of the molecule is CNc1nccnc1C[C@@H]1CCCN(C(=O)CCCn2cncn2)C1. The largest absolute Gasteiger partial charge is 0.372 e. The summed E-state index contributed by atoms with van der Waals surface area (Å²) in [6, 6.07) is 0. The van der Waals surface area contributed by atoms with E-state index in [0.717, 1.165) is 56.8 Å². The molecule has 0 radical (unpaired) electrons. The van der Waals surface area contributed by atoms with Crippen LogP contribution in [-0.4, -0.2) is 55.7 Å². The molecule has 0 aliphatic carbocycles. The van der Waals surface area contributed by atoms with E-state index in [9.17, 15) is 4.79 Å². The number of anilines is 1. The number of hydrogen-bond acceptors (Lipinski definition) is 6. The van der Waals surface area contributed by atoms with Crippen molar-refractivity contribution in [2.24, 2.45) is 5.92 Å². The summed E-state index contributed by atoms with van der Waals surface area (Å²) in [4.78, 5) is 27.2. The smallest absolute Gasteiger partial charge is 0.222 e. The van der Waals surface area contributed by atoms with Crippen molar-refractivity contribution in [1.29, 1.82) is 0 Å². The van der Waals surface area contributed by atoms with Crippen molar-refractivity contribution >= 4 is 11.7 Å². The minimum absolute atomic E-state index is 0.234. The molecular weight excluding hydrogens is 318 g/mol. The number of aryl methyl sites for hydroxylation is 1. The van der Waals surface area contributed by atoms with Gasteiger partial charge in [-0.15, -0.1) is 0 Å². The molecule has 25 heavy (non-hydrogen) atoms. The minimum atomic E-state index is 0.234. The Balaban J connectivity index is 1.49. The molecule has 8 nitrogen and oxygen atoms in total. The van der Waals surface area contributed by atoms with Crippen LogP contribution in [-0.2, 0) is 17.8 Å². The third-order valence-electron chi connectivity index (χ3n) is 4.61. The van der Waals surface area contributed by atoms with Gasteiger partial charge in [0.2, 0.25) is 5.91 Å². The van der Waals surface area contributed by atoms with Crippen molar-refractivity contribution in [2.75, 3.05) is 25.5 Å². The zero-order valence-electron chi connectivity index (χ0n) is 14.6. The Morgan fingerprint density at radius 2 is 2.24 bits per heavy atom. The molecule has 1 N–H and O–H groups in total. The number of aromatic nitrogens is 5. The molecule has 8 heteroatoms. The van der Waals surface area contributed by atoms with E-state index in [2.05, 4.69) is 25.4 Å². The lowest BCUT2D eigenvalue weighted by molar-refractivity contribution is -0.133. The lowest BCUT2D eigenvalue weighted by Crippen LogP contribution is -2.40. The van der Waals surface area contributed by atoms with E-state index >= 15 is 0 Å². The van der Waals surface area contributed by atoms with E-state index in [-0.39, 0.29) is 5.91 Å². The van der Waals surface area contributed by atoms with E-state index in [0.29, 0.717) is 12.3 Å². The van der Waals surface area contributed by atoms with Gasteiger partial charge in [0, 0.05) is 45.5 Å². The summed E-state index contributed by atoms with van der Waals surface area (Å²) in [5, 5.41) is 7.16. The molecule has 2 aromatic heterocycles. The van der Waals surface area contributed by atoms with Crippen LogP contribution in [0.5, 0.6) is 0 Å². The van der Waals surface area contributed by atoms with E-state index in [4.69, 9.17) is 0 Å². The Bertz CT molecular complexity index is 673. The van der Waals surface area contributed by atoms with E-state index in [1.807, 2.05) is 11.9 Å². The molecule has 0 unspecified atom stereocenters. The number of carbonyl (C=O) groups excluding carboxylic acids is 1. The Morgan fingerprint density at radius 1 is 1.36 bits per heavy atom. The van der Waals surface area contributed by atoms with Crippen molar-refractivity contribution in [1.82, 2.24) is 29.6 Å². The summed E-state index contributed by atoms with van der Waals surface area (Å²) in [5.74, 6) is 1.51. The van der Waals surface area contributed by atoms with Crippen LogP contribution in [0.4, 0.5) is 5.82 Å². The van der Waals surface area contributed by atoms with Gasteiger partial charge in [-0.2, -0.15) is 5.10 Å². The van der Waals surface area contributed by atoms with Crippen LogP contribution in [0, 0.1) is 5.92 Å². The number of piperidine rings is 1. The molecule has 1 atom stereocenters. The fourth-order valence-corrected chi connectivity index (χ4v) is 3.36. The summed E-state index contributed by atoms with van der Waals surface area (Å²) in [6.45, 7) is 2.40. The van der Waals surface area contributed by atoms with Gasteiger partial charge in [-0.1, -0.05) is 0 Å². The lowest BCUT2D eigenvalue weighted by Gasteiger charge is -2.33. The molecule has 1 fully saturated rings. The van der Waals surface area contributed by atoms with Gasteiger partial charge in [0.15, 0.2) is 0 Å². The predicted molar refractivity (Wildman–Crippen MR) is 93.8 cm³/mol. The van der Waals surface area contributed by atoms with E-state index in [1.165, 1.54) is 6.33 Å². The van der Waals surface area contributed by atoms with Gasteiger partial charge in [-0.25, -0.2) is 9.97 Å². The molecular formula is C17H25N7O. The summed E-state index contributed by atoms with van der Waals surface area (Å²) in [7, 11) is 1.86. The maximum atomic E-state index is 12.5. The Morgan fingerprint density at radius 3 is 3.04 bits per heavy atom. The first-order valence-corrected chi connectivity index (χ1v) is 8.84. The monoisotopic (exact) mass is 343 g/mol. The summed E-state index contributed by atoms with van der Waals surface area (Å²) >= 11 is 0. The standard InChI is InChI=1S/C17H25N7O/c1-18-17-15(20-6-7-21-17)10-14-4-2-8-23(11-14)16(25)5-3-9-24-13-19-12-22-24/h6-7,12-14H,2-5,8-11H2,1H3,(H,18,21)/t14-/m0/s1. The average molecular weight is 343 g/mol. The highest BCUT2D eigenvalue weighted by Gasteiger charge is 2.24. The maximum Gasteiger partial charge on any atom is 0.222 e.